The van der Waals surface area contributed by atoms with Crippen molar-refractivity contribution >= 4 is 65.8 Å². The standard InChI is InChI=1S/C23H21ClN2O4S3/c1-13-5-8-21(31-13)30-20-12-16(11-19(24)26-20)25-22(27)18-10-14-9-15(6-7-17(14)32-18)23(2,3)33(4,28)29/h5-12H,1-4H3,(H,25,26,27). The summed E-state index contributed by atoms with van der Waals surface area (Å²) in [5.41, 5.74) is 1.13. The van der Waals surface area contributed by atoms with Gasteiger partial charge in [-0.05, 0) is 68.1 Å². The van der Waals surface area contributed by atoms with Crippen LogP contribution in [0.1, 0.15) is 34.0 Å². The minimum atomic E-state index is -3.31. The average molecular weight is 521 g/mol. The molecule has 1 aromatic carbocycles. The maximum Gasteiger partial charge on any atom is 0.265 e. The summed E-state index contributed by atoms with van der Waals surface area (Å²) in [6.07, 6.45) is 1.22. The number of thiophene rings is 2. The van der Waals surface area contributed by atoms with Crippen molar-refractivity contribution in [1.29, 1.82) is 0 Å². The van der Waals surface area contributed by atoms with Crippen molar-refractivity contribution in [3.05, 3.63) is 69.0 Å². The summed E-state index contributed by atoms with van der Waals surface area (Å²) < 4.78 is 30.0. The number of carbonyl (C=O) groups is 1. The molecule has 10 heteroatoms. The van der Waals surface area contributed by atoms with Crippen LogP contribution in [0.5, 0.6) is 10.9 Å². The molecule has 4 aromatic rings. The molecular weight excluding hydrogens is 500 g/mol. The highest BCUT2D eigenvalue weighted by Crippen LogP contribution is 2.35. The summed E-state index contributed by atoms with van der Waals surface area (Å²) in [5, 5.41) is 4.52. The molecule has 0 spiro atoms. The molecule has 1 amide bonds. The number of hydrogen-bond acceptors (Lipinski definition) is 7. The van der Waals surface area contributed by atoms with E-state index < -0.39 is 14.6 Å². The fourth-order valence-corrected chi connectivity index (χ4v) is 5.51. The van der Waals surface area contributed by atoms with Gasteiger partial charge in [-0.15, -0.1) is 22.7 Å². The van der Waals surface area contributed by atoms with Crippen LogP contribution in [0.2, 0.25) is 5.15 Å². The first kappa shape index (κ1) is 23.7. The molecule has 6 nitrogen and oxygen atoms in total. The van der Waals surface area contributed by atoms with E-state index in [1.54, 1.807) is 38.1 Å². The molecule has 1 N–H and O–H groups in total. The molecule has 33 heavy (non-hydrogen) atoms. The van der Waals surface area contributed by atoms with Gasteiger partial charge in [0.05, 0.1) is 9.62 Å². The number of fused-ring (bicyclic) bond motifs is 1. The van der Waals surface area contributed by atoms with Gasteiger partial charge < -0.3 is 10.1 Å². The van der Waals surface area contributed by atoms with Gasteiger partial charge in [-0.25, -0.2) is 13.4 Å². The van der Waals surface area contributed by atoms with Gasteiger partial charge in [-0.3, -0.25) is 4.79 Å². The second kappa shape index (κ2) is 8.72. The molecule has 0 atom stereocenters. The molecule has 0 aliphatic rings. The van der Waals surface area contributed by atoms with Crippen molar-refractivity contribution in [2.75, 3.05) is 11.6 Å². The van der Waals surface area contributed by atoms with Crippen LogP contribution in [0, 0.1) is 6.92 Å². The molecule has 0 saturated carbocycles. The Labute approximate surface area is 205 Å². The summed E-state index contributed by atoms with van der Waals surface area (Å²) in [4.78, 5) is 18.7. The minimum Gasteiger partial charge on any atom is -0.428 e. The normalized spacial score (nSPS) is 12.2. The first-order valence-corrected chi connectivity index (χ1v) is 13.8. The number of nitrogens with one attached hydrogen (secondary N) is 1. The highest BCUT2D eigenvalue weighted by atomic mass is 35.5. The number of pyridine rings is 1. The number of benzene rings is 1. The van der Waals surface area contributed by atoms with Crippen molar-refractivity contribution in [3.8, 4) is 10.9 Å². The average Bonchev–Trinajstić information content (AvgIpc) is 3.31. The topological polar surface area (TPSA) is 85.4 Å². The second-order valence-electron chi connectivity index (χ2n) is 8.08. The molecule has 0 bridgehead atoms. The Kier molecular flexibility index (Phi) is 6.26. The number of carbonyl (C=O) groups excluding carboxylic acids is 1. The van der Waals surface area contributed by atoms with Gasteiger partial charge in [0.25, 0.3) is 5.91 Å². The SMILES string of the molecule is Cc1ccc(Oc2cc(NC(=O)c3cc4cc(C(C)(C)S(C)(=O)=O)ccc4s3)cc(Cl)n2)s1. The van der Waals surface area contributed by atoms with Gasteiger partial charge in [0.2, 0.25) is 5.88 Å². The van der Waals surface area contributed by atoms with E-state index >= 15 is 0 Å². The Hall–Kier alpha value is -2.46. The smallest absolute Gasteiger partial charge is 0.265 e. The van der Waals surface area contributed by atoms with Crippen molar-refractivity contribution in [1.82, 2.24) is 4.98 Å². The lowest BCUT2D eigenvalue weighted by molar-refractivity contribution is 0.103. The third-order valence-corrected chi connectivity index (χ3v) is 9.59. The molecule has 0 unspecified atom stereocenters. The molecule has 0 radical (unpaired) electrons. The molecule has 0 aliphatic heterocycles. The maximum atomic E-state index is 12.9. The van der Waals surface area contributed by atoms with Crippen LogP contribution in [0.25, 0.3) is 10.1 Å². The molecule has 3 heterocycles. The Morgan fingerprint density at radius 3 is 2.52 bits per heavy atom. The number of halogens is 1. The predicted octanol–water partition coefficient (Wildman–Crippen LogP) is 6.64. The van der Waals surface area contributed by atoms with Gasteiger partial charge in [0.1, 0.15) is 5.15 Å². The molecular formula is C23H21ClN2O4S3. The van der Waals surface area contributed by atoms with E-state index in [0.717, 1.165) is 15.0 Å². The number of hydrogen-bond donors (Lipinski definition) is 1. The van der Waals surface area contributed by atoms with Crippen molar-refractivity contribution in [2.24, 2.45) is 0 Å². The van der Waals surface area contributed by atoms with Crippen LogP contribution in [0.15, 0.2) is 48.5 Å². The quantitative estimate of drug-likeness (QED) is 0.288. The number of anilines is 1. The zero-order valence-corrected chi connectivity index (χ0v) is 21.5. The lowest BCUT2D eigenvalue weighted by Crippen LogP contribution is -2.27. The Morgan fingerprint density at radius 1 is 1.09 bits per heavy atom. The largest absolute Gasteiger partial charge is 0.428 e. The zero-order valence-electron chi connectivity index (χ0n) is 18.3. The summed E-state index contributed by atoms with van der Waals surface area (Å²) >= 11 is 8.94. The summed E-state index contributed by atoms with van der Waals surface area (Å²) in [6.45, 7) is 5.33. The lowest BCUT2D eigenvalue weighted by atomic mass is 10.0. The minimum absolute atomic E-state index is 0.195. The predicted molar refractivity (Wildman–Crippen MR) is 136 cm³/mol. The van der Waals surface area contributed by atoms with E-state index in [0.29, 0.717) is 21.2 Å². The van der Waals surface area contributed by atoms with E-state index in [1.165, 1.54) is 28.9 Å². The number of amides is 1. The second-order valence-corrected chi connectivity index (χ2v) is 13.4. The third kappa shape index (κ3) is 5.06. The van der Waals surface area contributed by atoms with Crippen LogP contribution in [0.3, 0.4) is 0 Å². The fourth-order valence-electron chi connectivity index (χ4n) is 3.10. The van der Waals surface area contributed by atoms with Crippen LogP contribution in [-0.2, 0) is 14.6 Å². The van der Waals surface area contributed by atoms with Gasteiger partial charge >= 0.3 is 0 Å². The zero-order chi connectivity index (χ0) is 24.0. The van der Waals surface area contributed by atoms with E-state index in [2.05, 4.69) is 10.3 Å². The van der Waals surface area contributed by atoms with Gasteiger partial charge in [-0.2, -0.15) is 0 Å². The van der Waals surface area contributed by atoms with E-state index in [-0.39, 0.29) is 16.9 Å². The third-order valence-electron chi connectivity index (χ3n) is 5.31. The van der Waals surface area contributed by atoms with Crippen molar-refractivity contribution < 1.29 is 17.9 Å². The Balaban J connectivity index is 1.58. The lowest BCUT2D eigenvalue weighted by Gasteiger charge is -2.23. The Morgan fingerprint density at radius 2 is 1.85 bits per heavy atom. The van der Waals surface area contributed by atoms with Gasteiger partial charge in [0, 0.05) is 27.6 Å². The van der Waals surface area contributed by atoms with Crippen LogP contribution < -0.4 is 10.1 Å². The molecule has 3 aromatic heterocycles. The van der Waals surface area contributed by atoms with Crippen LogP contribution in [-0.4, -0.2) is 25.6 Å². The maximum absolute atomic E-state index is 12.9. The highest BCUT2D eigenvalue weighted by Gasteiger charge is 2.32. The molecule has 172 valence electrons. The molecule has 0 aliphatic carbocycles. The summed E-state index contributed by atoms with van der Waals surface area (Å²) in [6, 6.07) is 14.2. The monoisotopic (exact) mass is 520 g/mol. The van der Waals surface area contributed by atoms with Crippen LogP contribution >= 0.6 is 34.3 Å². The van der Waals surface area contributed by atoms with Gasteiger partial charge in [-0.1, -0.05) is 17.7 Å². The first-order chi connectivity index (χ1) is 15.4. The first-order valence-electron chi connectivity index (χ1n) is 9.89. The number of rotatable bonds is 6. The number of aromatic nitrogens is 1. The Bertz CT molecular complexity index is 1470. The number of ether oxygens (including phenoxy) is 1. The molecule has 4 rings (SSSR count). The fraction of sp³-hybridized carbons (Fsp3) is 0.217. The molecule has 0 fully saturated rings. The number of nitrogens with zero attached hydrogens (tertiary/aromatic N) is 1. The highest BCUT2D eigenvalue weighted by molar-refractivity contribution is 7.91. The number of aryl methyl sites for hydroxylation is 1. The van der Waals surface area contributed by atoms with Gasteiger partial charge in [0.15, 0.2) is 14.9 Å². The van der Waals surface area contributed by atoms with Crippen LogP contribution in [0.4, 0.5) is 5.69 Å². The van der Waals surface area contributed by atoms with E-state index in [1.807, 2.05) is 31.2 Å². The van der Waals surface area contributed by atoms with Crippen molar-refractivity contribution in [2.45, 2.75) is 25.5 Å². The van der Waals surface area contributed by atoms with E-state index in [9.17, 15) is 13.2 Å². The summed E-state index contributed by atoms with van der Waals surface area (Å²) in [7, 11) is -3.31. The van der Waals surface area contributed by atoms with E-state index in [4.69, 9.17) is 16.3 Å². The number of sulfone groups is 1. The molecule has 0 saturated heterocycles. The summed E-state index contributed by atoms with van der Waals surface area (Å²) in [5.74, 6) is -0.0241. The van der Waals surface area contributed by atoms with Crippen molar-refractivity contribution in [3.63, 3.8) is 0 Å².